The van der Waals surface area contributed by atoms with Crippen molar-refractivity contribution in [2.45, 2.75) is 44.3 Å². The van der Waals surface area contributed by atoms with E-state index in [-0.39, 0.29) is 12.0 Å². The number of aliphatic imine (C=N–C) groups is 1. The zero-order valence-electron chi connectivity index (χ0n) is 15.8. The summed E-state index contributed by atoms with van der Waals surface area (Å²) in [6.07, 6.45) is 0.289. The van der Waals surface area contributed by atoms with Crippen LogP contribution in [0.15, 0.2) is 47.5 Å². The lowest BCUT2D eigenvalue weighted by molar-refractivity contribution is -0.207. The summed E-state index contributed by atoms with van der Waals surface area (Å²) >= 11 is 0. The zero-order chi connectivity index (χ0) is 20.7. The van der Waals surface area contributed by atoms with Crippen molar-refractivity contribution < 1.29 is 17.9 Å². The molecule has 0 bridgehead atoms. The standard InChI is InChI=1S/C21H20F3N3O/c1-19(2)21(23,24)20(3,27-18(26)28-19)16-11-13(8-9-17(16)22)10-14-6-4-5-7-15(14)12-25/h4-9,11H,10H2,1-3H3,(H2,26,27)/t20-/m1/s1. The first-order valence-electron chi connectivity index (χ1n) is 8.71. The molecule has 1 aliphatic rings. The van der Waals surface area contributed by atoms with E-state index in [0.717, 1.165) is 18.6 Å². The predicted octanol–water partition coefficient (Wildman–Crippen LogP) is 4.26. The third-order valence-electron chi connectivity index (χ3n) is 5.15. The molecule has 4 nitrogen and oxygen atoms in total. The van der Waals surface area contributed by atoms with Crippen LogP contribution in [0, 0.1) is 17.1 Å². The second kappa shape index (κ2) is 6.55. The highest BCUT2D eigenvalue weighted by molar-refractivity contribution is 5.74. The highest BCUT2D eigenvalue weighted by atomic mass is 19.3. The second-order valence-electron chi connectivity index (χ2n) is 7.47. The number of ether oxygens (including phenoxy) is 1. The van der Waals surface area contributed by atoms with E-state index in [2.05, 4.69) is 11.1 Å². The normalized spacial score (nSPS) is 22.7. The molecule has 1 aliphatic heterocycles. The number of rotatable bonds is 3. The number of nitriles is 1. The molecular weight excluding hydrogens is 367 g/mol. The molecule has 2 N–H and O–H groups in total. The Morgan fingerprint density at radius 2 is 1.82 bits per heavy atom. The molecular formula is C21H20F3N3O. The van der Waals surface area contributed by atoms with Gasteiger partial charge in [0.2, 0.25) is 0 Å². The van der Waals surface area contributed by atoms with Gasteiger partial charge in [0.15, 0.2) is 11.1 Å². The quantitative estimate of drug-likeness (QED) is 0.855. The van der Waals surface area contributed by atoms with Gasteiger partial charge in [-0.25, -0.2) is 9.38 Å². The Hall–Kier alpha value is -3.01. The number of amidine groups is 1. The molecule has 146 valence electrons. The molecule has 3 rings (SSSR count). The lowest BCUT2D eigenvalue weighted by Crippen LogP contribution is -2.62. The maximum Gasteiger partial charge on any atom is 0.315 e. The number of alkyl halides is 2. The largest absolute Gasteiger partial charge is 0.453 e. The Bertz CT molecular complexity index is 995. The first-order valence-corrected chi connectivity index (χ1v) is 8.71. The summed E-state index contributed by atoms with van der Waals surface area (Å²) < 4.78 is 50.2. The van der Waals surface area contributed by atoms with Crippen LogP contribution in [0.5, 0.6) is 0 Å². The van der Waals surface area contributed by atoms with Crippen LogP contribution >= 0.6 is 0 Å². The van der Waals surface area contributed by atoms with Crippen molar-refractivity contribution in [1.29, 1.82) is 5.26 Å². The van der Waals surface area contributed by atoms with E-state index in [1.54, 1.807) is 24.3 Å². The molecule has 7 heteroatoms. The topological polar surface area (TPSA) is 71.4 Å². The van der Waals surface area contributed by atoms with Crippen LogP contribution in [0.25, 0.3) is 0 Å². The van der Waals surface area contributed by atoms with Crippen LogP contribution in [-0.2, 0) is 16.7 Å². The minimum absolute atomic E-state index is 0.274. The summed E-state index contributed by atoms with van der Waals surface area (Å²) in [5, 5.41) is 9.24. The van der Waals surface area contributed by atoms with E-state index in [1.165, 1.54) is 26.0 Å². The van der Waals surface area contributed by atoms with Crippen LogP contribution in [0.2, 0.25) is 0 Å². The highest BCUT2D eigenvalue weighted by Gasteiger charge is 2.66. The number of nitrogens with two attached hydrogens (primary N) is 1. The SMILES string of the molecule is CC1(C)OC(N)=N[C@](C)(c2cc(Cc3ccccc3C#N)ccc2F)C1(F)F. The van der Waals surface area contributed by atoms with Crippen LogP contribution in [0.3, 0.4) is 0 Å². The van der Waals surface area contributed by atoms with Gasteiger partial charge in [-0.2, -0.15) is 14.0 Å². The van der Waals surface area contributed by atoms with Crippen LogP contribution in [0.1, 0.15) is 43.0 Å². The molecule has 2 aromatic carbocycles. The molecule has 0 aliphatic carbocycles. The number of hydrogen-bond acceptors (Lipinski definition) is 4. The van der Waals surface area contributed by atoms with Crippen molar-refractivity contribution in [3.8, 4) is 6.07 Å². The molecule has 0 saturated carbocycles. The molecule has 0 spiro atoms. The smallest absolute Gasteiger partial charge is 0.315 e. The monoisotopic (exact) mass is 387 g/mol. The minimum atomic E-state index is -3.53. The average molecular weight is 387 g/mol. The van der Waals surface area contributed by atoms with E-state index in [1.807, 2.05) is 0 Å². The van der Waals surface area contributed by atoms with E-state index in [9.17, 15) is 9.65 Å². The number of halogens is 3. The second-order valence-corrected chi connectivity index (χ2v) is 7.47. The van der Waals surface area contributed by atoms with Crippen molar-refractivity contribution in [2.24, 2.45) is 10.7 Å². The summed E-state index contributed by atoms with van der Waals surface area (Å²) in [6, 6.07) is 12.6. The molecule has 1 atom stereocenters. The Labute approximate surface area is 161 Å². The lowest BCUT2D eigenvalue weighted by Gasteiger charge is -2.46. The van der Waals surface area contributed by atoms with Crippen molar-refractivity contribution >= 4 is 6.02 Å². The molecule has 28 heavy (non-hydrogen) atoms. The Kier molecular flexibility index (Phi) is 4.62. The van der Waals surface area contributed by atoms with Crippen molar-refractivity contribution in [1.82, 2.24) is 0 Å². The number of hydrogen-bond donors (Lipinski definition) is 1. The van der Waals surface area contributed by atoms with Gasteiger partial charge in [-0.05, 0) is 56.5 Å². The number of benzene rings is 2. The van der Waals surface area contributed by atoms with E-state index < -0.39 is 28.9 Å². The molecule has 0 saturated heterocycles. The molecule has 2 aromatic rings. The zero-order valence-corrected chi connectivity index (χ0v) is 15.8. The van der Waals surface area contributed by atoms with Gasteiger partial charge in [0.05, 0.1) is 11.6 Å². The molecule has 0 amide bonds. The average Bonchev–Trinajstić information content (AvgIpc) is 2.61. The van der Waals surface area contributed by atoms with Gasteiger partial charge in [0.1, 0.15) is 5.82 Å². The first-order chi connectivity index (χ1) is 13.0. The fraction of sp³-hybridized carbons (Fsp3) is 0.333. The summed E-state index contributed by atoms with van der Waals surface area (Å²) in [4.78, 5) is 3.81. The van der Waals surface area contributed by atoms with Crippen LogP contribution in [-0.4, -0.2) is 17.5 Å². The van der Waals surface area contributed by atoms with Gasteiger partial charge in [-0.3, -0.25) is 0 Å². The van der Waals surface area contributed by atoms with Crippen LogP contribution in [0.4, 0.5) is 13.2 Å². The Balaban J connectivity index is 2.12. The molecule has 0 radical (unpaired) electrons. The van der Waals surface area contributed by atoms with Gasteiger partial charge in [0, 0.05) is 5.56 Å². The first kappa shape index (κ1) is 19.7. The fourth-order valence-electron chi connectivity index (χ4n) is 3.51. The van der Waals surface area contributed by atoms with Gasteiger partial charge in [-0.1, -0.05) is 24.3 Å². The maximum atomic E-state index is 15.2. The number of nitrogens with zero attached hydrogens (tertiary/aromatic N) is 2. The summed E-state index contributed by atoms with van der Waals surface area (Å²) in [7, 11) is 0. The van der Waals surface area contributed by atoms with E-state index >= 15 is 8.78 Å². The van der Waals surface area contributed by atoms with Gasteiger partial charge in [0.25, 0.3) is 6.02 Å². The summed E-state index contributed by atoms with van der Waals surface area (Å²) in [6.45, 7) is 3.53. The third-order valence-corrected chi connectivity index (χ3v) is 5.15. The Morgan fingerprint density at radius 1 is 1.14 bits per heavy atom. The lowest BCUT2D eigenvalue weighted by atomic mass is 9.76. The maximum absolute atomic E-state index is 15.2. The van der Waals surface area contributed by atoms with Crippen LogP contribution < -0.4 is 5.73 Å². The highest BCUT2D eigenvalue weighted by Crippen LogP contribution is 2.51. The summed E-state index contributed by atoms with van der Waals surface area (Å²) in [5.41, 5.74) is 2.91. The minimum Gasteiger partial charge on any atom is -0.453 e. The molecule has 0 aromatic heterocycles. The predicted molar refractivity (Wildman–Crippen MR) is 99.4 cm³/mol. The Morgan fingerprint density at radius 3 is 2.50 bits per heavy atom. The van der Waals surface area contributed by atoms with Crippen molar-refractivity contribution in [3.63, 3.8) is 0 Å². The van der Waals surface area contributed by atoms with Crippen molar-refractivity contribution in [3.05, 3.63) is 70.5 Å². The van der Waals surface area contributed by atoms with E-state index in [4.69, 9.17) is 10.5 Å². The fourth-order valence-corrected chi connectivity index (χ4v) is 3.51. The van der Waals surface area contributed by atoms with Crippen molar-refractivity contribution in [2.75, 3.05) is 0 Å². The van der Waals surface area contributed by atoms with Gasteiger partial charge >= 0.3 is 5.92 Å². The van der Waals surface area contributed by atoms with E-state index in [0.29, 0.717) is 11.1 Å². The molecule has 1 heterocycles. The molecule has 0 fully saturated rings. The van der Waals surface area contributed by atoms with Gasteiger partial charge < -0.3 is 10.5 Å². The van der Waals surface area contributed by atoms with Gasteiger partial charge in [-0.15, -0.1) is 0 Å². The molecule has 0 unspecified atom stereocenters. The summed E-state index contributed by atoms with van der Waals surface area (Å²) in [5.74, 6) is -4.35. The third kappa shape index (κ3) is 2.99.